The number of aliphatic carboxylic acids is 1. The summed E-state index contributed by atoms with van der Waals surface area (Å²) in [6.07, 6.45) is -5.61. The average molecular weight is 414 g/mol. The summed E-state index contributed by atoms with van der Waals surface area (Å²) < 4.78 is 40.4. The first-order valence-corrected chi connectivity index (χ1v) is 8.77. The van der Waals surface area contributed by atoms with Gasteiger partial charge < -0.3 is 10.4 Å². The van der Waals surface area contributed by atoms with E-state index in [-0.39, 0.29) is 10.6 Å². The molecule has 0 aliphatic heterocycles. The summed E-state index contributed by atoms with van der Waals surface area (Å²) in [6.45, 7) is 3.52. The lowest BCUT2D eigenvalue weighted by atomic mass is 9.94. The van der Waals surface area contributed by atoms with Crippen LogP contribution in [0.1, 0.15) is 40.6 Å². The number of aryl methyl sites for hydroxylation is 2. The van der Waals surface area contributed by atoms with Gasteiger partial charge in [-0.1, -0.05) is 53.1 Å². The number of benzene rings is 2. The monoisotopic (exact) mass is 413 g/mol. The molecule has 0 spiro atoms. The Kier molecular flexibility index (Phi) is 6.72. The highest BCUT2D eigenvalue weighted by Crippen LogP contribution is 2.38. The summed E-state index contributed by atoms with van der Waals surface area (Å²) in [5.74, 6) is -4.43. The fourth-order valence-electron chi connectivity index (χ4n) is 2.99. The first-order chi connectivity index (χ1) is 13.0. The summed E-state index contributed by atoms with van der Waals surface area (Å²) in [4.78, 5) is 23.9. The fourth-order valence-corrected chi connectivity index (χ4v) is 3.11. The number of halogens is 4. The van der Waals surface area contributed by atoms with Gasteiger partial charge in [-0.25, -0.2) is 4.79 Å². The summed E-state index contributed by atoms with van der Waals surface area (Å²) >= 11 is 5.71. The molecule has 0 fully saturated rings. The highest BCUT2D eigenvalue weighted by molar-refractivity contribution is 6.30. The molecule has 2 unspecified atom stereocenters. The van der Waals surface area contributed by atoms with Crippen LogP contribution in [0.25, 0.3) is 0 Å². The van der Waals surface area contributed by atoms with Crippen LogP contribution in [0.5, 0.6) is 0 Å². The summed E-state index contributed by atoms with van der Waals surface area (Å²) in [5, 5.41) is 11.9. The third-order valence-corrected chi connectivity index (χ3v) is 4.44. The smallest absolute Gasteiger partial charge is 0.396 e. The van der Waals surface area contributed by atoms with Crippen molar-refractivity contribution in [3.63, 3.8) is 0 Å². The second-order valence-corrected chi connectivity index (χ2v) is 7.05. The number of hydrogen-bond acceptors (Lipinski definition) is 2. The van der Waals surface area contributed by atoms with Gasteiger partial charge in [0, 0.05) is 11.4 Å². The minimum Gasteiger partial charge on any atom is -0.479 e. The van der Waals surface area contributed by atoms with Gasteiger partial charge in [0.2, 0.25) is 5.91 Å². The van der Waals surface area contributed by atoms with Gasteiger partial charge in [0.25, 0.3) is 0 Å². The molecule has 2 atom stereocenters. The van der Waals surface area contributed by atoms with E-state index in [9.17, 15) is 27.9 Å². The Hall–Kier alpha value is -2.54. The Morgan fingerprint density at radius 3 is 2.04 bits per heavy atom. The Morgan fingerprint density at radius 2 is 1.57 bits per heavy atom. The molecule has 8 heteroatoms. The number of amides is 1. The van der Waals surface area contributed by atoms with Crippen LogP contribution >= 0.6 is 11.6 Å². The summed E-state index contributed by atoms with van der Waals surface area (Å²) in [5.41, 5.74) is 1.74. The second-order valence-electron chi connectivity index (χ2n) is 6.61. The minimum atomic E-state index is -4.68. The van der Waals surface area contributed by atoms with Gasteiger partial charge in [-0.2, -0.15) is 13.2 Å². The lowest BCUT2D eigenvalue weighted by Crippen LogP contribution is -2.36. The van der Waals surface area contributed by atoms with Crippen molar-refractivity contribution in [2.75, 3.05) is 0 Å². The van der Waals surface area contributed by atoms with Gasteiger partial charge in [0.15, 0.2) is 6.04 Å². The van der Waals surface area contributed by atoms with Crippen LogP contribution in [0.2, 0.25) is 5.02 Å². The predicted molar refractivity (Wildman–Crippen MR) is 99.3 cm³/mol. The number of hydrogen-bond donors (Lipinski definition) is 2. The van der Waals surface area contributed by atoms with Crippen LogP contribution < -0.4 is 5.32 Å². The molecule has 28 heavy (non-hydrogen) atoms. The van der Waals surface area contributed by atoms with Crippen LogP contribution in [-0.2, 0) is 9.59 Å². The SMILES string of the molecule is Cc1cc(C)cc(C(NC(=O)CC(c2ccc(Cl)cc2)C(F)(F)F)C(=O)O)c1. The molecule has 0 saturated heterocycles. The van der Waals surface area contributed by atoms with Crippen molar-refractivity contribution in [2.24, 2.45) is 0 Å². The first-order valence-electron chi connectivity index (χ1n) is 8.40. The van der Waals surface area contributed by atoms with Crippen molar-refractivity contribution in [1.82, 2.24) is 5.32 Å². The third kappa shape index (κ3) is 5.73. The van der Waals surface area contributed by atoms with Crippen molar-refractivity contribution in [1.29, 1.82) is 0 Å². The molecule has 1 amide bonds. The van der Waals surface area contributed by atoms with Crippen molar-refractivity contribution in [2.45, 2.75) is 38.4 Å². The molecule has 150 valence electrons. The first kappa shape index (κ1) is 21.8. The maximum atomic E-state index is 13.5. The predicted octanol–water partition coefficient (Wildman–Crippen LogP) is 4.93. The summed E-state index contributed by atoms with van der Waals surface area (Å²) in [7, 11) is 0. The van der Waals surface area contributed by atoms with Crippen molar-refractivity contribution < 1.29 is 27.9 Å². The van der Waals surface area contributed by atoms with Gasteiger partial charge in [-0.05, 0) is 37.1 Å². The van der Waals surface area contributed by atoms with E-state index in [1.807, 2.05) is 6.07 Å². The Bertz CT molecular complexity index is 846. The van der Waals surface area contributed by atoms with Gasteiger partial charge in [-0.3, -0.25) is 4.79 Å². The van der Waals surface area contributed by atoms with Crippen molar-refractivity contribution >= 4 is 23.5 Å². The zero-order chi connectivity index (χ0) is 21.1. The molecule has 2 aromatic rings. The number of carbonyl (C=O) groups excluding carboxylic acids is 1. The van der Waals surface area contributed by atoms with Gasteiger partial charge >= 0.3 is 12.1 Å². The number of rotatable bonds is 6. The van der Waals surface area contributed by atoms with Crippen LogP contribution in [0, 0.1) is 13.8 Å². The van der Waals surface area contributed by atoms with E-state index < -0.39 is 36.4 Å². The van der Waals surface area contributed by atoms with E-state index >= 15 is 0 Å². The molecule has 2 rings (SSSR count). The second kappa shape index (κ2) is 8.65. The number of carboxylic acid groups (broad SMARTS) is 1. The largest absolute Gasteiger partial charge is 0.479 e. The molecule has 0 aliphatic rings. The quantitative estimate of drug-likeness (QED) is 0.705. The number of alkyl halides is 3. The highest BCUT2D eigenvalue weighted by Gasteiger charge is 2.42. The van der Waals surface area contributed by atoms with E-state index in [4.69, 9.17) is 11.6 Å². The van der Waals surface area contributed by atoms with E-state index in [1.165, 1.54) is 24.3 Å². The average Bonchev–Trinajstić information content (AvgIpc) is 2.56. The standard InChI is InChI=1S/C20H19ClF3NO3/c1-11-7-12(2)9-14(8-11)18(19(27)28)25-17(26)10-16(20(22,23)24)13-3-5-15(21)6-4-13/h3-9,16,18H,10H2,1-2H3,(H,25,26)(H,27,28). The van der Waals surface area contributed by atoms with Crippen molar-refractivity contribution in [3.8, 4) is 0 Å². The third-order valence-electron chi connectivity index (χ3n) is 4.19. The number of carboxylic acids is 1. The van der Waals surface area contributed by atoms with E-state index in [0.717, 1.165) is 11.1 Å². The van der Waals surface area contributed by atoms with E-state index in [0.29, 0.717) is 5.56 Å². The van der Waals surface area contributed by atoms with Crippen LogP contribution in [0.4, 0.5) is 13.2 Å². The van der Waals surface area contributed by atoms with Crippen LogP contribution in [0.3, 0.4) is 0 Å². The maximum absolute atomic E-state index is 13.5. The van der Waals surface area contributed by atoms with Gasteiger partial charge in [0.1, 0.15) is 0 Å². The van der Waals surface area contributed by atoms with Crippen LogP contribution in [-0.4, -0.2) is 23.2 Å². The molecule has 0 heterocycles. The maximum Gasteiger partial charge on any atom is 0.396 e. The molecule has 4 nitrogen and oxygen atoms in total. The Labute approximate surface area is 165 Å². The molecule has 2 N–H and O–H groups in total. The van der Waals surface area contributed by atoms with Crippen molar-refractivity contribution in [3.05, 3.63) is 69.7 Å². The normalized spacial score (nSPS) is 13.6. The van der Waals surface area contributed by atoms with E-state index in [2.05, 4.69) is 5.32 Å². The molecular formula is C20H19ClF3NO3. The Balaban J connectivity index is 2.24. The molecule has 0 aliphatic carbocycles. The molecule has 0 aromatic heterocycles. The zero-order valence-electron chi connectivity index (χ0n) is 15.2. The number of carbonyl (C=O) groups is 2. The van der Waals surface area contributed by atoms with Crippen LogP contribution in [0.15, 0.2) is 42.5 Å². The molecule has 0 radical (unpaired) electrons. The fraction of sp³-hybridized carbons (Fsp3) is 0.300. The number of nitrogens with one attached hydrogen (secondary N) is 1. The zero-order valence-corrected chi connectivity index (χ0v) is 15.9. The molecule has 2 aromatic carbocycles. The summed E-state index contributed by atoms with van der Waals surface area (Å²) in [6, 6.07) is 8.55. The lowest BCUT2D eigenvalue weighted by molar-refractivity contribution is -0.158. The lowest BCUT2D eigenvalue weighted by Gasteiger charge is -2.22. The van der Waals surface area contributed by atoms with Gasteiger partial charge in [-0.15, -0.1) is 0 Å². The minimum absolute atomic E-state index is 0.120. The molecular weight excluding hydrogens is 395 g/mol. The van der Waals surface area contributed by atoms with E-state index in [1.54, 1.807) is 26.0 Å². The Morgan fingerprint density at radius 1 is 1.04 bits per heavy atom. The highest BCUT2D eigenvalue weighted by atomic mass is 35.5. The topological polar surface area (TPSA) is 66.4 Å². The molecule has 0 bridgehead atoms. The molecule has 0 saturated carbocycles. The van der Waals surface area contributed by atoms with Gasteiger partial charge in [0.05, 0.1) is 5.92 Å².